The zero-order chi connectivity index (χ0) is 13.1. The molecule has 0 spiro atoms. The number of amides is 1. The van der Waals surface area contributed by atoms with E-state index < -0.39 is 0 Å². The van der Waals surface area contributed by atoms with Crippen LogP contribution in [0.1, 0.15) is 23.7 Å². The second-order valence-electron chi connectivity index (χ2n) is 4.76. The monoisotopic (exact) mass is 267 g/mol. The summed E-state index contributed by atoms with van der Waals surface area (Å²) in [5.74, 6) is 1.29. The van der Waals surface area contributed by atoms with Gasteiger partial charge in [-0.1, -0.05) is 6.92 Å². The Morgan fingerprint density at radius 3 is 2.61 bits per heavy atom. The molecule has 1 aromatic carbocycles. The number of methoxy groups -OCH3 is 1. The van der Waals surface area contributed by atoms with Crippen molar-refractivity contribution >= 4 is 17.5 Å². The number of hydrogen-bond acceptors (Lipinski definition) is 2. The molecule has 2 rings (SSSR count). The summed E-state index contributed by atoms with van der Waals surface area (Å²) in [6, 6.07) is 7.20. The van der Waals surface area contributed by atoms with Crippen molar-refractivity contribution in [2.24, 2.45) is 5.92 Å². The minimum atomic E-state index is 0.0511. The van der Waals surface area contributed by atoms with Gasteiger partial charge in [-0.2, -0.15) is 0 Å². The van der Waals surface area contributed by atoms with Crippen LogP contribution in [0.4, 0.5) is 0 Å². The summed E-state index contributed by atoms with van der Waals surface area (Å²) >= 11 is 6.23. The highest BCUT2D eigenvalue weighted by molar-refractivity contribution is 6.21. The van der Waals surface area contributed by atoms with Crippen LogP contribution in [-0.4, -0.2) is 36.4 Å². The van der Waals surface area contributed by atoms with Crippen molar-refractivity contribution in [1.29, 1.82) is 0 Å². The standard InChI is InChI=1S/C14H18ClNO2/c1-10-7-8-16(9-13(10)15)14(17)11-3-5-12(18-2)6-4-11/h3-6,10,13H,7-9H2,1-2H3. The van der Waals surface area contributed by atoms with Gasteiger partial charge >= 0.3 is 0 Å². The SMILES string of the molecule is COc1ccc(C(=O)N2CCC(C)C(Cl)C2)cc1. The number of hydrogen-bond donors (Lipinski definition) is 0. The Balaban J connectivity index is 2.06. The second-order valence-corrected chi connectivity index (χ2v) is 5.32. The van der Waals surface area contributed by atoms with E-state index in [1.807, 2.05) is 4.90 Å². The average molecular weight is 268 g/mol. The summed E-state index contributed by atoms with van der Waals surface area (Å²) in [7, 11) is 1.61. The van der Waals surface area contributed by atoms with E-state index >= 15 is 0 Å². The minimum absolute atomic E-state index is 0.0511. The van der Waals surface area contributed by atoms with Gasteiger partial charge in [-0.05, 0) is 36.6 Å². The van der Waals surface area contributed by atoms with Gasteiger partial charge in [0.05, 0.1) is 12.5 Å². The molecule has 18 heavy (non-hydrogen) atoms. The second kappa shape index (κ2) is 5.61. The molecule has 2 atom stereocenters. The number of piperidine rings is 1. The summed E-state index contributed by atoms with van der Waals surface area (Å²) in [4.78, 5) is 14.1. The molecule has 98 valence electrons. The molecule has 3 nitrogen and oxygen atoms in total. The molecule has 1 aromatic rings. The predicted octanol–water partition coefficient (Wildman–Crippen LogP) is 2.78. The van der Waals surface area contributed by atoms with Crippen molar-refractivity contribution in [3.63, 3.8) is 0 Å². The molecular formula is C14H18ClNO2. The van der Waals surface area contributed by atoms with Crippen molar-refractivity contribution in [3.05, 3.63) is 29.8 Å². The van der Waals surface area contributed by atoms with Gasteiger partial charge in [-0.3, -0.25) is 4.79 Å². The van der Waals surface area contributed by atoms with E-state index in [0.29, 0.717) is 18.0 Å². The lowest BCUT2D eigenvalue weighted by atomic mass is 9.98. The molecule has 1 amide bonds. The number of likely N-dealkylation sites (tertiary alicyclic amines) is 1. The highest BCUT2D eigenvalue weighted by Gasteiger charge is 2.27. The van der Waals surface area contributed by atoms with Crippen LogP contribution < -0.4 is 4.74 Å². The molecule has 4 heteroatoms. The van der Waals surface area contributed by atoms with E-state index in [9.17, 15) is 4.79 Å². The van der Waals surface area contributed by atoms with E-state index in [0.717, 1.165) is 18.7 Å². The van der Waals surface area contributed by atoms with Crippen LogP contribution in [0.3, 0.4) is 0 Å². The van der Waals surface area contributed by atoms with Crippen molar-refractivity contribution in [3.8, 4) is 5.75 Å². The number of carbonyl (C=O) groups is 1. The Labute approximate surface area is 113 Å². The first-order chi connectivity index (χ1) is 8.61. The first kappa shape index (κ1) is 13.2. The number of carbonyl (C=O) groups excluding carboxylic acids is 1. The third kappa shape index (κ3) is 2.78. The zero-order valence-electron chi connectivity index (χ0n) is 10.7. The number of nitrogens with zero attached hydrogens (tertiary/aromatic N) is 1. The van der Waals surface area contributed by atoms with E-state index in [-0.39, 0.29) is 11.3 Å². The summed E-state index contributed by atoms with van der Waals surface area (Å²) in [6.07, 6.45) is 0.968. The molecule has 0 aliphatic carbocycles. The fourth-order valence-electron chi connectivity index (χ4n) is 2.12. The number of halogens is 1. The van der Waals surface area contributed by atoms with E-state index in [2.05, 4.69) is 6.92 Å². The van der Waals surface area contributed by atoms with Gasteiger partial charge in [0.1, 0.15) is 5.75 Å². The quantitative estimate of drug-likeness (QED) is 0.771. The van der Waals surface area contributed by atoms with E-state index in [4.69, 9.17) is 16.3 Å². The third-order valence-electron chi connectivity index (χ3n) is 3.49. The highest BCUT2D eigenvalue weighted by Crippen LogP contribution is 2.23. The van der Waals surface area contributed by atoms with Gasteiger partial charge in [0.25, 0.3) is 5.91 Å². The van der Waals surface area contributed by atoms with Gasteiger partial charge in [-0.25, -0.2) is 0 Å². The maximum Gasteiger partial charge on any atom is 0.253 e. The minimum Gasteiger partial charge on any atom is -0.497 e. The average Bonchev–Trinajstić information content (AvgIpc) is 2.41. The molecule has 1 aliphatic rings. The fourth-order valence-corrected chi connectivity index (χ4v) is 2.42. The van der Waals surface area contributed by atoms with Crippen LogP contribution in [-0.2, 0) is 0 Å². The molecule has 1 fully saturated rings. The molecule has 0 radical (unpaired) electrons. The molecule has 1 saturated heterocycles. The molecule has 1 heterocycles. The number of alkyl halides is 1. The van der Waals surface area contributed by atoms with Gasteiger partial charge in [0, 0.05) is 18.7 Å². The van der Waals surface area contributed by atoms with Gasteiger partial charge in [0.15, 0.2) is 0 Å². The maximum absolute atomic E-state index is 12.3. The topological polar surface area (TPSA) is 29.5 Å². The highest BCUT2D eigenvalue weighted by atomic mass is 35.5. The molecule has 2 unspecified atom stereocenters. The van der Waals surface area contributed by atoms with Crippen LogP contribution in [0.2, 0.25) is 0 Å². The molecule has 0 saturated carbocycles. The largest absolute Gasteiger partial charge is 0.497 e. The Bertz CT molecular complexity index is 418. The molecule has 0 bridgehead atoms. The lowest BCUT2D eigenvalue weighted by molar-refractivity contribution is 0.0701. The van der Waals surface area contributed by atoms with Crippen molar-refractivity contribution in [2.75, 3.05) is 20.2 Å². The summed E-state index contributed by atoms with van der Waals surface area (Å²) in [6.45, 7) is 3.55. The number of rotatable bonds is 2. The Morgan fingerprint density at radius 2 is 2.06 bits per heavy atom. The van der Waals surface area contributed by atoms with Crippen LogP contribution in [0.5, 0.6) is 5.75 Å². The lowest BCUT2D eigenvalue weighted by Crippen LogP contribution is -2.43. The Kier molecular flexibility index (Phi) is 4.12. The van der Waals surface area contributed by atoms with Crippen molar-refractivity contribution in [2.45, 2.75) is 18.7 Å². The normalized spacial score (nSPS) is 23.8. The molecule has 0 N–H and O–H groups in total. The molecular weight excluding hydrogens is 250 g/mol. The van der Waals surface area contributed by atoms with Crippen molar-refractivity contribution in [1.82, 2.24) is 4.90 Å². The Hall–Kier alpha value is -1.22. The first-order valence-electron chi connectivity index (χ1n) is 6.19. The van der Waals surface area contributed by atoms with E-state index in [1.54, 1.807) is 31.4 Å². The van der Waals surface area contributed by atoms with Crippen LogP contribution in [0.25, 0.3) is 0 Å². The molecule has 0 aromatic heterocycles. The van der Waals surface area contributed by atoms with Gasteiger partial charge in [0.2, 0.25) is 0 Å². The summed E-state index contributed by atoms with van der Waals surface area (Å²) in [5.41, 5.74) is 0.689. The number of ether oxygens (including phenoxy) is 1. The Morgan fingerprint density at radius 1 is 1.39 bits per heavy atom. The maximum atomic E-state index is 12.3. The van der Waals surface area contributed by atoms with Crippen LogP contribution in [0, 0.1) is 5.92 Å². The predicted molar refractivity (Wildman–Crippen MR) is 72.3 cm³/mol. The van der Waals surface area contributed by atoms with Crippen molar-refractivity contribution < 1.29 is 9.53 Å². The first-order valence-corrected chi connectivity index (χ1v) is 6.63. The lowest BCUT2D eigenvalue weighted by Gasteiger charge is -2.34. The fraction of sp³-hybridized carbons (Fsp3) is 0.500. The van der Waals surface area contributed by atoms with Crippen LogP contribution in [0.15, 0.2) is 24.3 Å². The van der Waals surface area contributed by atoms with Gasteiger partial charge in [-0.15, -0.1) is 11.6 Å². The van der Waals surface area contributed by atoms with Crippen LogP contribution >= 0.6 is 11.6 Å². The smallest absolute Gasteiger partial charge is 0.253 e. The van der Waals surface area contributed by atoms with E-state index in [1.165, 1.54) is 0 Å². The van der Waals surface area contributed by atoms with Gasteiger partial charge < -0.3 is 9.64 Å². The summed E-state index contributed by atoms with van der Waals surface area (Å²) in [5, 5.41) is 0.0564. The third-order valence-corrected chi connectivity index (χ3v) is 4.06. The zero-order valence-corrected chi connectivity index (χ0v) is 11.5. The molecule has 1 aliphatic heterocycles. The summed E-state index contributed by atoms with van der Waals surface area (Å²) < 4.78 is 5.08. The number of benzene rings is 1.